The van der Waals surface area contributed by atoms with Gasteiger partial charge in [0.05, 0.1) is 35.3 Å². The number of benzene rings is 2. The van der Waals surface area contributed by atoms with Crippen LogP contribution in [-0.2, 0) is 4.79 Å². The van der Waals surface area contributed by atoms with Crippen LogP contribution in [0.15, 0.2) is 54.5 Å². The average Bonchev–Trinajstić information content (AvgIpc) is 3.65. The van der Waals surface area contributed by atoms with Gasteiger partial charge in [0, 0.05) is 28.9 Å². The Labute approximate surface area is 185 Å². The minimum absolute atomic E-state index is 0.0676. The smallest absolute Gasteiger partial charge is 0.305 e. The van der Waals surface area contributed by atoms with Gasteiger partial charge in [0.2, 0.25) is 0 Å². The second-order valence-electron chi connectivity index (χ2n) is 7.68. The number of carbonyl (C=O) groups is 1. The van der Waals surface area contributed by atoms with Gasteiger partial charge in [0.25, 0.3) is 0 Å². The molecule has 1 aliphatic rings. The summed E-state index contributed by atoms with van der Waals surface area (Å²) in [5.41, 5.74) is 2.01. The van der Waals surface area contributed by atoms with E-state index < -0.39 is 54.6 Å². The normalized spacial score (nSPS) is 17.8. The molecular formula is C25H24FNO4. The van der Waals surface area contributed by atoms with Crippen LogP contribution in [0.2, 0.25) is 0 Å². The van der Waals surface area contributed by atoms with Gasteiger partial charge >= 0.3 is 5.97 Å². The molecule has 0 spiro atoms. The molecule has 1 saturated carbocycles. The highest BCUT2D eigenvalue weighted by Crippen LogP contribution is 2.45. The van der Waals surface area contributed by atoms with E-state index in [1.165, 1.54) is 6.08 Å². The van der Waals surface area contributed by atoms with Crippen LogP contribution in [0.25, 0.3) is 28.1 Å². The van der Waals surface area contributed by atoms with Gasteiger partial charge in [-0.3, -0.25) is 9.78 Å². The lowest BCUT2D eigenvalue weighted by Crippen LogP contribution is -2.19. The average molecular weight is 425 g/mol. The molecule has 0 bridgehead atoms. The molecule has 1 heterocycles. The zero-order valence-electron chi connectivity index (χ0n) is 20.6. The number of aromatic nitrogens is 1. The molecule has 3 aromatic rings. The molecular weight excluding hydrogens is 397 g/mol. The van der Waals surface area contributed by atoms with Crippen molar-refractivity contribution in [1.29, 1.82) is 0 Å². The molecule has 6 heteroatoms. The minimum atomic E-state index is -1.25. The molecule has 0 aliphatic heterocycles. The summed E-state index contributed by atoms with van der Waals surface area (Å²) in [6.45, 7) is 0. The Bertz CT molecular complexity index is 1310. The van der Waals surface area contributed by atoms with E-state index in [1.807, 2.05) is 0 Å². The Kier molecular flexibility index (Phi) is 4.79. The number of halogens is 1. The summed E-state index contributed by atoms with van der Waals surface area (Å²) in [4.78, 5) is 15.6. The van der Waals surface area contributed by atoms with Crippen LogP contribution in [0.4, 0.5) is 4.39 Å². The molecule has 2 atom stereocenters. The van der Waals surface area contributed by atoms with Gasteiger partial charge in [0.15, 0.2) is 0 Å². The van der Waals surface area contributed by atoms with Gasteiger partial charge in [-0.15, -0.1) is 0 Å². The Balaban J connectivity index is 1.94. The number of nitrogens with zero attached hydrogens (tertiary/aromatic N) is 1. The first-order valence-electron chi connectivity index (χ1n) is 12.0. The van der Waals surface area contributed by atoms with Crippen molar-refractivity contribution in [3.63, 3.8) is 0 Å². The van der Waals surface area contributed by atoms with Gasteiger partial charge in [-0.05, 0) is 36.6 Å². The third-order valence-corrected chi connectivity index (χ3v) is 5.18. The van der Waals surface area contributed by atoms with Crippen LogP contribution in [-0.4, -0.2) is 38.5 Å². The topological polar surface area (TPSA) is 90.7 Å². The largest absolute Gasteiger partial charge is 0.481 e. The number of rotatable bonds is 8. The first kappa shape index (κ1) is 16.6. The van der Waals surface area contributed by atoms with Gasteiger partial charge in [0.1, 0.15) is 5.82 Å². The first-order chi connectivity index (χ1) is 16.6. The lowest BCUT2D eigenvalue weighted by Gasteiger charge is -2.16. The third kappa shape index (κ3) is 4.98. The van der Waals surface area contributed by atoms with Gasteiger partial charge in [-0.1, -0.05) is 42.4 Å². The fourth-order valence-electron chi connectivity index (χ4n) is 3.62. The predicted octanol–water partition coefficient (Wildman–Crippen LogP) is 4.52. The third-order valence-electron chi connectivity index (χ3n) is 5.18. The summed E-state index contributed by atoms with van der Waals surface area (Å²) >= 11 is 0. The van der Waals surface area contributed by atoms with Gasteiger partial charge in [-0.2, -0.15) is 0 Å². The summed E-state index contributed by atoms with van der Waals surface area (Å²) in [5, 5.41) is 29.6. The number of hydrogen-bond donors (Lipinski definition) is 3. The van der Waals surface area contributed by atoms with Crippen molar-refractivity contribution in [3.05, 3.63) is 71.6 Å². The quantitative estimate of drug-likeness (QED) is 0.494. The van der Waals surface area contributed by atoms with Crippen molar-refractivity contribution in [3.8, 4) is 11.1 Å². The zero-order valence-corrected chi connectivity index (χ0v) is 16.6. The SMILES string of the molecule is [2H]c1c([2H])c(-c2c(/C=C/[C@@H](O)C[C@@H](O)CC(=O)O)c(C3CC3)nc3ccccc23)c([2H])c([2H])c1F. The Hall–Kier alpha value is -3.09. The number of hydrogen-bond acceptors (Lipinski definition) is 4. The Morgan fingerprint density at radius 3 is 2.61 bits per heavy atom. The Morgan fingerprint density at radius 2 is 1.94 bits per heavy atom. The molecule has 0 saturated heterocycles. The molecule has 5 nitrogen and oxygen atoms in total. The predicted molar refractivity (Wildman–Crippen MR) is 117 cm³/mol. The molecule has 3 N–H and O–H groups in total. The maximum atomic E-state index is 14.3. The van der Waals surface area contributed by atoms with E-state index in [-0.39, 0.29) is 17.9 Å². The lowest BCUT2D eigenvalue weighted by molar-refractivity contribution is -0.139. The monoisotopic (exact) mass is 425 g/mol. The van der Waals surface area contributed by atoms with Crippen molar-refractivity contribution in [2.24, 2.45) is 0 Å². The number of carboxylic acid groups (broad SMARTS) is 1. The number of aliphatic hydroxyl groups excluding tert-OH is 2. The van der Waals surface area contributed by atoms with Gasteiger partial charge in [-0.25, -0.2) is 4.39 Å². The highest BCUT2D eigenvalue weighted by Gasteiger charge is 2.29. The van der Waals surface area contributed by atoms with E-state index >= 15 is 0 Å². The molecule has 0 amide bonds. The molecule has 0 radical (unpaired) electrons. The summed E-state index contributed by atoms with van der Waals surface area (Å²) in [6, 6.07) is 4.45. The molecule has 4 rings (SSSR count). The molecule has 1 aliphatic carbocycles. The number of aliphatic carboxylic acids is 1. The summed E-state index contributed by atoms with van der Waals surface area (Å²) in [5.74, 6) is -2.32. The highest BCUT2D eigenvalue weighted by molar-refractivity contribution is 5.99. The molecule has 0 unspecified atom stereocenters. The fourth-order valence-corrected chi connectivity index (χ4v) is 3.62. The molecule has 1 aromatic heterocycles. The van der Waals surface area contributed by atoms with Crippen LogP contribution in [0.1, 0.15) is 48.3 Å². The number of fused-ring (bicyclic) bond motifs is 1. The van der Waals surface area contributed by atoms with Crippen LogP contribution >= 0.6 is 0 Å². The van der Waals surface area contributed by atoms with Gasteiger partial charge < -0.3 is 15.3 Å². The van der Waals surface area contributed by atoms with E-state index in [1.54, 1.807) is 30.3 Å². The van der Waals surface area contributed by atoms with E-state index in [2.05, 4.69) is 0 Å². The Morgan fingerprint density at radius 1 is 1.23 bits per heavy atom. The van der Waals surface area contributed by atoms with Crippen LogP contribution in [0, 0.1) is 5.82 Å². The van der Waals surface area contributed by atoms with E-state index in [0.29, 0.717) is 27.7 Å². The molecule has 1 fully saturated rings. The minimum Gasteiger partial charge on any atom is -0.481 e. The molecule has 31 heavy (non-hydrogen) atoms. The summed E-state index contributed by atoms with van der Waals surface area (Å²) in [7, 11) is 0. The van der Waals surface area contributed by atoms with E-state index in [4.69, 9.17) is 15.6 Å². The first-order valence-corrected chi connectivity index (χ1v) is 10.0. The molecule has 160 valence electrons. The highest BCUT2D eigenvalue weighted by atomic mass is 19.1. The number of pyridine rings is 1. The number of carboxylic acids is 1. The van der Waals surface area contributed by atoms with Crippen molar-refractivity contribution in [1.82, 2.24) is 4.98 Å². The summed E-state index contributed by atoms with van der Waals surface area (Å²) < 4.78 is 47.2. The second kappa shape index (κ2) is 8.96. The van der Waals surface area contributed by atoms with E-state index in [0.717, 1.165) is 12.8 Å². The van der Waals surface area contributed by atoms with Crippen molar-refractivity contribution >= 4 is 22.9 Å². The number of para-hydroxylation sites is 1. The fraction of sp³-hybridized carbons (Fsp3) is 0.280. The van der Waals surface area contributed by atoms with Crippen LogP contribution in [0.5, 0.6) is 0 Å². The maximum Gasteiger partial charge on any atom is 0.305 e. The van der Waals surface area contributed by atoms with Crippen molar-refractivity contribution in [2.45, 2.75) is 43.8 Å². The second-order valence-corrected chi connectivity index (χ2v) is 7.68. The summed E-state index contributed by atoms with van der Waals surface area (Å²) in [6.07, 6.45) is 1.50. The van der Waals surface area contributed by atoms with Crippen molar-refractivity contribution < 1.29 is 30.0 Å². The maximum absolute atomic E-state index is 14.3. The lowest BCUT2D eigenvalue weighted by atomic mass is 9.92. The zero-order chi connectivity index (χ0) is 25.4. The van der Waals surface area contributed by atoms with Crippen LogP contribution in [0.3, 0.4) is 0 Å². The van der Waals surface area contributed by atoms with Crippen molar-refractivity contribution in [2.75, 3.05) is 0 Å². The van der Waals surface area contributed by atoms with Crippen LogP contribution < -0.4 is 0 Å². The molecule has 2 aromatic carbocycles. The van der Waals surface area contributed by atoms with E-state index in [9.17, 15) is 19.4 Å². The standard InChI is InChI=1S/C25H24FNO4/c26-17-9-7-15(8-10-17)24-20-3-1-2-4-22(20)27-25(16-5-6-16)21(24)12-11-18(28)13-19(29)14-23(30)31/h1-4,7-12,16,18-19,28-29H,5-6,13-14H2,(H,30,31)/b12-11+/t18-,19-/m1/s1/i7D,8D,9D,10D. The number of aliphatic hydroxyl groups is 2.